The highest BCUT2D eigenvalue weighted by atomic mass is 19.2. The Morgan fingerprint density at radius 3 is 2.69 bits per heavy atom. The summed E-state index contributed by atoms with van der Waals surface area (Å²) < 4.78 is 41.9. The minimum atomic E-state index is -0.908. The first kappa shape index (κ1) is 19.9. The van der Waals surface area contributed by atoms with E-state index in [1.807, 2.05) is 29.8 Å². The molecule has 0 fully saturated rings. The second kappa shape index (κ2) is 7.88. The Bertz CT molecular complexity index is 1450. The third-order valence-corrected chi connectivity index (χ3v) is 5.07. The summed E-state index contributed by atoms with van der Waals surface area (Å²) in [7, 11) is 1.55. The first-order valence-corrected chi connectivity index (χ1v) is 9.88. The van der Waals surface area contributed by atoms with Crippen LogP contribution in [-0.4, -0.2) is 42.8 Å². The van der Waals surface area contributed by atoms with Crippen molar-refractivity contribution >= 4 is 22.2 Å². The molecule has 0 aliphatic rings. The summed E-state index contributed by atoms with van der Waals surface area (Å²) >= 11 is 0. The molecule has 8 nitrogen and oxygen atoms in total. The number of imidazole rings is 1. The van der Waals surface area contributed by atoms with Gasteiger partial charge < -0.3 is 14.0 Å². The number of hydrogen-bond acceptors (Lipinski definition) is 6. The van der Waals surface area contributed by atoms with Crippen LogP contribution in [0, 0.1) is 11.6 Å². The van der Waals surface area contributed by atoms with E-state index >= 15 is 0 Å². The number of fused-ring (bicyclic) bond motifs is 2. The molecular formula is C22H18F2N6O2. The predicted molar refractivity (Wildman–Crippen MR) is 113 cm³/mol. The van der Waals surface area contributed by atoms with Crippen LogP contribution in [0.25, 0.3) is 27.9 Å². The molecule has 1 aromatic carbocycles. The molecule has 0 saturated carbocycles. The van der Waals surface area contributed by atoms with Crippen molar-refractivity contribution in [2.45, 2.75) is 13.5 Å². The minimum Gasteiger partial charge on any atom is -0.479 e. The Labute approximate surface area is 181 Å². The van der Waals surface area contributed by atoms with Crippen molar-refractivity contribution in [1.82, 2.24) is 29.1 Å². The third kappa shape index (κ3) is 3.29. The van der Waals surface area contributed by atoms with Crippen LogP contribution in [0.3, 0.4) is 0 Å². The summed E-state index contributed by atoms with van der Waals surface area (Å²) in [6.45, 7) is 2.47. The van der Waals surface area contributed by atoms with Gasteiger partial charge in [-0.3, -0.25) is 4.57 Å². The Kier molecular flexibility index (Phi) is 4.89. The maximum atomic E-state index is 13.8. The maximum absolute atomic E-state index is 13.8. The number of hydrogen-bond donors (Lipinski definition) is 0. The molecule has 5 rings (SSSR count). The lowest BCUT2D eigenvalue weighted by Crippen LogP contribution is -2.06. The average molecular weight is 436 g/mol. The van der Waals surface area contributed by atoms with Crippen LogP contribution in [0.5, 0.6) is 11.9 Å². The number of methoxy groups -OCH3 is 1. The maximum Gasteiger partial charge on any atom is 0.299 e. The van der Waals surface area contributed by atoms with E-state index in [-0.39, 0.29) is 6.54 Å². The van der Waals surface area contributed by atoms with Gasteiger partial charge in [-0.1, -0.05) is 6.07 Å². The lowest BCUT2D eigenvalue weighted by atomic mass is 10.2. The molecule has 0 N–H and O–H groups in total. The fourth-order valence-electron chi connectivity index (χ4n) is 3.63. The number of ether oxygens (including phenoxy) is 2. The van der Waals surface area contributed by atoms with Gasteiger partial charge in [0.1, 0.15) is 11.8 Å². The second-order valence-electron chi connectivity index (χ2n) is 7.00. The highest BCUT2D eigenvalue weighted by molar-refractivity contribution is 5.83. The number of rotatable bonds is 6. The van der Waals surface area contributed by atoms with Gasteiger partial charge in [0, 0.05) is 6.20 Å². The van der Waals surface area contributed by atoms with E-state index in [4.69, 9.17) is 9.47 Å². The van der Waals surface area contributed by atoms with Crippen LogP contribution >= 0.6 is 0 Å². The summed E-state index contributed by atoms with van der Waals surface area (Å²) in [5, 5.41) is 0. The summed E-state index contributed by atoms with van der Waals surface area (Å²) in [5.41, 5.74) is 3.87. The largest absolute Gasteiger partial charge is 0.479 e. The molecule has 162 valence electrons. The number of aromatic nitrogens is 6. The molecule has 32 heavy (non-hydrogen) atoms. The summed E-state index contributed by atoms with van der Waals surface area (Å²) in [6, 6.07) is 7.88. The molecular weight excluding hydrogens is 418 g/mol. The molecule has 0 unspecified atom stereocenters. The standard InChI is InChI=1S/C22H18F2N6O2/c1-3-32-22-28-20-18(30(22)11-13-4-5-15(23)16(24)8-13)9-14(10-25-20)29-7-6-17-19(29)21(31-2)27-12-26-17/h4-10,12H,3,11H2,1-2H3. The molecule has 0 spiro atoms. The molecule has 4 heterocycles. The minimum absolute atomic E-state index is 0.229. The van der Waals surface area contributed by atoms with Gasteiger partial charge in [-0.05, 0) is 36.8 Å². The zero-order valence-electron chi connectivity index (χ0n) is 17.3. The van der Waals surface area contributed by atoms with Crippen LogP contribution in [0.2, 0.25) is 0 Å². The van der Waals surface area contributed by atoms with E-state index in [1.54, 1.807) is 17.9 Å². The van der Waals surface area contributed by atoms with Crippen molar-refractivity contribution in [3.63, 3.8) is 0 Å². The molecule has 0 atom stereocenters. The third-order valence-electron chi connectivity index (χ3n) is 5.07. The van der Waals surface area contributed by atoms with Crippen LogP contribution in [0.1, 0.15) is 12.5 Å². The van der Waals surface area contributed by atoms with Crippen LogP contribution in [0.4, 0.5) is 8.78 Å². The zero-order chi connectivity index (χ0) is 22.2. The highest BCUT2D eigenvalue weighted by Crippen LogP contribution is 2.28. The normalized spacial score (nSPS) is 11.4. The molecule has 10 heteroatoms. The van der Waals surface area contributed by atoms with E-state index in [0.29, 0.717) is 40.7 Å². The smallest absolute Gasteiger partial charge is 0.299 e. The van der Waals surface area contributed by atoms with E-state index in [0.717, 1.165) is 23.3 Å². The van der Waals surface area contributed by atoms with E-state index < -0.39 is 11.6 Å². The van der Waals surface area contributed by atoms with E-state index in [9.17, 15) is 8.78 Å². The van der Waals surface area contributed by atoms with E-state index in [2.05, 4.69) is 19.9 Å². The fraction of sp³-hybridized carbons (Fsp3) is 0.182. The van der Waals surface area contributed by atoms with E-state index in [1.165, 1.54) is 12.4 Å². The molecule has 0 radical (unpaired) electrons. The number of pyridine rings is 1. The lowest BCUT2D eigenvalue weighted by Gasteiger charge is -2.11. The van der Waals surface area contributed by atoms with Crippen molar-refractivity contribution in [3.05, 3.63) is 66.3 Å². The van der Waals surface area contributed by atoms with Gasteiger partial charge in [0.25, 0.3) is 6.01 Å². The van der Waals surface area contributed by atoms with Crippen molar-refractivity contribution in [2.75, 3.05) is 13.7 Å². The molecule has 5 aromatic rings. The molecule has 0 saturated heterocycles. The SMILES string of the molecule is CCOc1nc2ncc(-n3ccc4ncnc(OC)c43)cc2n1Cc1ccc(F)c(F)c1. The number of nitrogens with zero attached hydrogens (tertiary/aromatic N) is 6. The summed E-state index contributed by atoms with van der Waals surface area (Å²) in [6.07, 6.45) is 4.97. The zero-order valence-corrected chi connectivity index (χ0v) is 17.3. The molecule has 0 aliphatic heterocycles. The average Bonchev–Trinajstić information content (AvgIpc) is 3.38. The lowest BCUT2D eigenvalue weighted by molar-refractivity contribution is 0.301. The highest BCUT2D eigenvalue weighted by Gasteiger charge is 2.17. The Balaban J connectivity index is 1.66. The molecule has 0 aliphatic carbocycles. The number of halogens is 2. The fourth-order valence-corrected chi connectivity index (χ4v) is 3.63. The van der Waals surface area contributed by atoms with Crippen molar-refractivity contribution in [2.24, 2.45) is 0 Å². The van der Waals surface area contributed by atoms with Gasteiger partial charge in [0.05, 0.1) is 43.2 Å². The van der Waals surface area contributed by atoms with Crippen LogP contribution < -0.4 is 9.47 Å². The summed E-state index contributed by atoms with van der Waals surface area (Å²) in [4.78, 5) is 17.4. The van der Waals surface area contributed by atoms with Crippen LogP contribution in [-0.2, 0) is 6.54 Å². The monoisotopic (exact) mass is 436 g/mol. The van der Waals surface area contributed by atoms with Gasteiger partial charge in [-0.2, -0.15) is 9.97 Å². The van der Waals surface area contributed by atoms with Gasteiger partial charge in [-0.15, -0.1) is 0 Å². The molecule has 0 bridgehead atoms. The summed E-state index contributed by atoms with van der Waals surface area (Å²) in [5.74, 6) is -1.37. The predicted octanol–water partition coefficient (Wildman–Crippen LogP) is 3.90. The molecule has 0 amide bonds. The Hall–Kier alpha value is -4.08. The van der Waals surface area contributed by atoms with Gasteiger partial charge >= 0.3 is 0 Å². The van der Waals surface area contributed by atoms with Crippen molar-refractivity contribution in [1.29, 1.82) is 0 Å². The van der Waals surface area contributed by atoms with Crippen molar-refractivity contribution in [3.8, 4) is 17.6 Å². The van der Waals surface area contributed by atoms with Gasteiger partial charge in [0.2, 0.25) is 5.88 Å². The first-order chi connectivity index (χ1) is 15.6. The second-order valence-corrected chi connectivity index (χ2v) is 7.00. The Morgan fingerprint density at radius 1 is 1.03 bits per heavy atom. The quantitative estimate of drug-likeness (QED) is 0.402. The van der Waals surface area contributed by atoms with Crippen LogP contribution in [0.15, 0.2) is 49.1 Å². The van der Waals surface area contributed by atoms with Gasteiger partial charge in [0.15, 0.2) is 17.3 Å². The topological polar surface area (TPSA) is 79.9 Å². The first-order valence-electron chi connectivity index (χ1n) is 9.88. The number of benzene rings is 1. The molecule has 4 aromatic heterocycles. The van der Waals surface area contributed by atoms with Gasteiger partial charge in [-0.25, -0.2) is 18.7 Å². The Morgan fingerprint density at radius 2 is 1.91 bits per heavy atom. The van der Waals surface area contributed by atoms with Crippen molar-refractivity contribution < 1.29 is 18.3 Å².